The van der Waals surface area contributed by atoms with Crippen molar-refractivity contribution in [1.82, 2.24) is 0 Å². The first-order valence-electron chi connectivity index (χ1n) is 7.69. The fourth-order valence-electron chi connectivity index (χ4n) is 2.77. The Morgan fingerprint density at radius 1 is 1.04 bits per heavy atom. The van der Waals surface area contributed by atoms with E-state index in [1.54, 1.807) is 36.4 Å². The number of nitrogens with zero attached hydrogens (tertiary/aromatic N) is 1. The van der Waals surface area contributed by atoms with Crippen LogP contribution in [0.1, 0.15) is 39.6 Å². The zero-order chi connectivity index (χ0) is 16.4. The van der Waals surface area contributed by atoms with E-state index in [0.717, 1.165) is 12.0 Å². The van der Waals surface area contributed by atoms with Crippen molar-refractivity contribution >= 4 is 23.2 Å². The lowest BCUT2D eigenvalue weighted by molar-refractivity contribution is -0.114. The maximum absolute atomic E-state index is 12.2. The van der Waals surface area contributed by atoms with Crippen molar-refractivity contribution in [2.45, 2.75) is 19.8 Å². The Morgan fingerprint density at radius 2 is 1.78 bits per heavy atom. The molecule has 3 rings (SSSR count). The molecule has 1 amide bonds. The number of fused-ring (bicyclic) bond motifs is 1. The number of aryl methyl sites for hydroxylation is 1. The third-order valence-corrected chi connectivity index (χ3v) is 4.10. The highest BCUT2D eigenvalue weighted by molar-refractivity contribution is 6.52. The largest absolute Gasteiger partial charge is 0.304 e. The molecular weight excluding hydrogens is 290 g/mol. The monoisotopic (exact) mass is 307 g/mol. The molecule has 1 aliphatic heterocycles. The fraction of sp³-hybridized carbons (Fsp3) is 0.211. The molecule has 0 aliphatic carbocycles. The molecule has 0 saturated heterocycles. The average molecular weight is 307 g/mol. The number of hydrogen-bond acceptors (Lipinski definition) is 3. The smallest absolute Gasteiger partial charge is 0.299 e. The van der Waals surface area contributed by atoms with Crippen LogP contribution in [0.4, 0.5) is 5.69 Å². The molecule has 0 unspecified atom stereocenters. The zero-order valence-corrected chi connectivity index (χ0v) is 12.9. The number of carbonyl (C=O) groups excluding carboxylic acids is 3. The van der Waals surface area contributed by atoms with Crippen molar-refractivity contribution in [3.63, 3.8) is 0 Å². The van der Waals surface area contributed by atoms with Crippen LogP contribution in [0.5, 0.6) is 0 Å². The van der Waals surface area contributed by atoms with Crippen molar-refractivity contribution < 1.29 is 14.4 Å². The molecule has 1 heterocycles. The summed E-state index contributed by atoms with van der Waals surface area (Å²) in [6.07, 6.45) is 0.999. The van der Waals surface area contributed by atoms with E-state index in [9.17, 15) is 14.4 Å². The normalized spacial score (nSPS) is 13.3. The number of ketones is 2. The summed E-state index contributed by atoms with van der Waals surface area (Å²) in [5.41, 5.74) is 2.69. The topological polar surface area (TPSA) is 54.5 Å². The number of benzene rings is 2. The Labute approximate surface area is 134 Å². The van der Waals surface area contributed by atoms with Crippen molar-refractivity contribution in [2.24, 2.45) is 0 Å². The number of carbonyl (C=O) groups is 3. The maximum Gasteiger partial charge on any atom is 0.299 e. The highest BCUT2D eigenvalue weighted by Crippen LogP contribution is 2.30. The Balaban J connectivity index is 1.78. The standard InChI is InChI=1S/C19H17NO3/c1-2-13-8-9-16-15(12-13)18(22)19(23)20(16)11-10-17(21)14-6-4-3-5-7-14/h3-9,12H,2,10-11H2,1H3. The Hall–Kier alpha value is -2.75. The Kier molecular flexibility index (Phi) is 4.06. The molecule has 0 N–H and O–H groups in total. The first kappa shape index (κ1) is 15.2. The van der Waals surface area contributed by atoms with E-state index < -0.39 is 11.7 Å². The molecule has 1 aliphatic rings. The molecule has 0 radical (unpaired) electrons. The van der Waals surface area contributed by atoms with Crippen molar-refractivity contribution in [2.75, 3.05) is 11.4 Å². The van der Waals surface area contributed by atoms with Gasteiger partial charge in [-0.3, -0.25) is 14.4 Å². The van der Waals surface area contributed by atoms with Gasteiger partial charge in [0.15, 0.2) is 5.78 Å². The highest BCUT2D eigenvalue weighted by Gasteiger charge is 2.35. The second kappa shape index (κ2) is 6.16. The van der Waals surface area contributed by atoms with E-state index in [1.807, 2.05) is 19.1 Å². The summed E-state index contributed by atoms with van der Waals surface area (Å²) in [4.78, 5) is 37.9. The summed E-state index contributed by atoms with van der Waals surface area (Å²) in [6, 6.07) is 14.4. The lowest BCUT2D eigenvalue weighted by Gasteiger charge is -2.16. The van der Waals surface area contributed by atoms with Gasteiger partial charge in [-0.05, 0) is 24.1 Å². The van der Waals surface area contributed by atoms with Crippen molar-refractivity contribution in [3.8, 4) is 0 Å². The minimum absolute atomic E-state index is 0.0375. The summed E-state index contributed by atoms with van der Waals surface area (Å²) in [5, 5.41) is 0. The summed E-state index contributed by atoms with van der Waals surface area (Å²) in [7, 11) is 0. The van der Waals surface area contributed by atoms with Crippen LogP contribution >= 0.6 is 0 Å². The number of amides is 1. The minimum Gasteiger partial charge on any atom is -0.304 e. The van der Waals surface area contributed by atoms with E-state index >= 15 is 0 Å². The average Bonchev–Trinajstić information content (AvgIpc) is 2.84. The van der Waals surface area contributed by atoms with Crippen molar-refractivity contribution in [1.29, 1.82) is 0 Å². The van der Waals surface area contributed by atoms with E-state index in [4.69, 9.17) is 0 Å². The third kappa shape index (κ3) is 2.80. The van der Waals surface area contributed by atoms with Gasteiger partial charge in [-0.25, -0.2) is 0 Å². The Bertz CT molecular complexity index is 780. The lowest BCUT2D eigenvalue weighted by atomic mass is 10.1. The quantitative estimate of drug-likeness (QED) is 0.630. The van der Waals surface area contributed by atoms with Crippen LogP contribution < -0.4 is 4.90 Å². The molecule has 0 saturated carbocycles. The van der Waals surface area contributed by atoms with Gasteiger partial charge >= 0.3 is 0 Å². The van der Waals surface area contributed by atoms with Gasteiger partial charge in [0.2, 0.25) is 0 Å². The molecule has 2 aromatic carbocycles. The van der Waals surface area contributed by atoms with Gasteiger partial charge in [0.25, 0.3) is 11.7 Å². The van der Waals surface area contributed by atoms with Gasteiger partial charge in [0.05, 0.1) is 11.3 Å². The van der Waals surface area contributed by atoms with E-state index in [0.29, 0.717) is 16.8 Å². The minimum atomic E-state index is -0.547. The maximum atomic E-state index is 12.2. The van der Waals surface area contributed by atoms with Gasteiger partial charge in [-0.15, -0.1) is 0 Å². The molecule has 4 heteroatoms. The van der Waals surface area contributed by atoms with Crippen LogP contribution in [-0.2, 0) is 11.2 Å². The summed E-state index contributed by atoms with van der Waals surface area (Å²) >= 11 is 0. The van der Waals surface area contributed by atoms with Crippen molar-refractivity contribution in [3.05, 3.63) is 65.2 Å². The van der Waals surface area contributed by atoms with Crippen LogP contribution in [0.25, 0.3) is 0 Å². The number of Topliss-reactive ketones (excluding diaryl/α,β-unsaturated/α-hetero) is 2. The fourth-order valence-corrected chi connectivity index (χ4v) is 2.77. The number of hydrogen-bond donors (Lipinski definition) is 0. The second-order valence-electron chi connectivity index (χ2n) is 5.53. The van der Waals surface area contributed by atoms with Crippen LogP contribution in [0.3, 0.4) is 0 Å². The molecule has 0 atom stereocenters. The van der Waals surface area contributed by atoms with Crippen LogP contribution in [0.2, 0.25) is 0 Å². The molecule has 0 spiro atoms. The van der Waals surface area contributed by atoms with E-state index in [2.05, 4.69) is 0 Å². The lowest BCUT2D eigenvalue weighted by Crippen LogP contribution is -2.31. The van der Waals surface area contributed by atoms with Gasteiger partial charge in [-0.2, -0.15) is 0 Å². The molecule has 116 valence electrons. The molecule has 0 bridgehead atoms. The number of anilines is 1. The molecule has 4 nitrogen and oxygen atoms in total. The predicted octanol–water partition coefficient (Wildman–Crippen LogP) is 3.05. The SMILES string of the molecule is CCc1ccc2c(c1)C(=O)C(=O)N2CCC(=O)c1ccccc1. The molecule has 0 fully saturated rings. The van der Waals surface area contributed by atoms with Gasteiger partial charge in [0, 0.05) is 18.5 Å². The zero-order valence-electron chi connectivity index (χ0n) is 12.9. The first-order valence-corrected chi connectivity index (χ1v) is 7.69. The third-order valence-electron chi connectivity index (χ3n) is 4.10. The Morgan fingerprint density at radius 3 is 2.48 bits per heavy atom. The van der Waals surface area contributed by atoms with E-state index in [1.165, 1.54) is 4.90 Å². The molecule has 0 aromatic heterocycles. The number of rotatable bonds is 5. The van der Waals surface area contributed by atoms with Gasteiger partial charge in [-0.1, -0.05) is 43.3 Å². The summed E-state index contributed by atoms with van der Waals surface area (Å²) in [6.45, 7) is 2.22. The van der Waals surface area contributed by atoms with Gasteiger partial charge in [0.1, 0.15) is 0 Å². The van der Waals surface area contributed by atoms with E-state index in [-0.39, 0.29) is 18.7 Å². The summed E-state index contributed by atoms with van der Waals surface area (Å²) in [5.74, 6) is -1.07. The van der Waals surface area contributed by atoms with Crippen LogP contribution in [-0.4, -0.2) is 24.0 Å². The molecule has 2 aromatic rings. The van der Waals surface area contributed by atoms with Gasteiger partial charge < -0.3 is 4.90 Å². The highest BCUT2D eigenvalue weighted by atomic mass is 16.2. The van der Waals surface area contributed by atoms with Crippen LogP contribution in [0, 0.1) is 0 Å². The predicted molar refractivity (Wildman–Crippen MR) is 87.9 cm³/mol. The van der Waals surface area contributed by atoms with Crippen LogP contribution in [0.15, 0.2) is 48.5 Å². The second-order valence-corrected chi connectivity index (χ2v) is 5.53. The summed E-state index contributed by atoms with van der Waals surface area (Å²) < 4.78 is 0. The molecular formula is C19H17NO3. The first-order chi connectivity index (χ1) is 11.1. The molecule has 23 heavy (non-hydrogen) atoms.